The number of hydrogen-bond acceptors (Lipinski definition) is 6. The van der Waals surface area contributed by atoms with Gasteiger partial charge in [-0.25, -0.2) is 13.6 Å². The predicted octanol–water partition coefficient (Wildman–Crippen LogP) is -0.600. The Hall–Kier alpha value is -1.52. The van der Waals surface area contributed by atoms with Crippen molar-refractivity contribution in [1.29, 1.82) is 0 Å². The summed E-state index contributed by atoms with van der Waals surface area (Å²) in [5.74, 6) is -0.751. The van der Waals surface area contributed by atoms with Crippen molar-refractivity contribution in [2.45, 2.75) is 17.4 Å². The fourth-order valence-electron chi connectivity index (χ4n) is 1.61. The van der Waals surface area contributed by atoms with Crippen molar-refractivity contribution in [2.75, 3.05) is 13.2 Å². The largest absolute Gasteiger partial charge is 0.410 e. The van der Waals surface area contributed by atoms with Crippen LogP contribution in [0.15, 0.2) is 11.1 Å². The molecule has 1 aliphatic rings. The summed E-state index contributed by atoms with van der Waals surface area (Å²) in [6.07, 6.45) is 1.70. The quantitative estimate of drug-likeness (QED) is 0.571. The van der Waals surface area contributed by atoms with Crippen molar-refractivity contribution in [3.8, 4) is 0 Å². The van der Waals surface area contributed by atoms with Gasteiger partial charge in [-0.3, -0.25) is 0 Å². The zero-order valence-corrected chi connectivity index (χ0v) is 9.46. The lowest BCUT2D eigenvalue weighted by atomic mass is 10.3. The van der Waals surface area contributed by atoms with Crippen molar-refractivity contribution in [1.82, 2.24) is 9.78 Å². The zero-order chi connectivity index (χ0) is 12.6. The Kier molecular flexibility index (Phi) is 2.85. The lowest BCUT2D eigenvalue weighted by Gasteiger charge is -2.01. The number of nitrogens with two attached hydrogens (primary N) is 1. The lowest BCUT2D eigenvalue weighted by molar-refractivity contribution is -0.392. The third-order valence-corrected chi connectivity index (χ3v) is 3.34. The van der Waals surface area contributed by atoms with Gasteiger partial charge in [0.2, 0.25) is 14.9 Å². The molecule has 1 unspecified atom stereocenters. The van der Waals surface area contributed by atoms with E-state index in [9.17, 15) is 18.5 Å². The number of sulfonamides is 1. The third-order valence-electron chi connectivity index (χ3n) is 2.44. The zero-order valence-electron chi connectivity index (χ0n) is 8.64. The topological polar surface area (TPSA) is 130 Å². The van der Waals surface area contributed by atoms with Crippen molar-refractivity contribution < 1.29 is 18.1 Å². The van der Waals surface area contributed by atoms with Crippen LogP contribution in [0.25, 0.3) is 0 Å². The minimum atomic E-state index is -4.15. The molecule has 10 heteroatoms. The van der Waals surface area contributed by atoms with E-state index in [0.29, 0.717) is 19.6 Å². The molecular weight excluding hydrogens is 252 g/mol. The van der Waals surface area contributed by atoms with Gasteiger partial charge in [-0.2, -0.15) is 4.68 Å². The summed E-state index contributed by atoms with van der Waals surface area (Å²) < 4.78 is 28.7. The molecule has 9 nitrogen and oxygen atoms in total. The SMILES string of the molecule is NS(=O)(=O)c1cn(C2CCOC2)nc1[N+](=O)[O-]. The van der Waals surface area contributed by atoms with Crippen LogP contribution in [0.4, 0.5) is 5.82 Å². The Bertz CT molecular complexity index is 545. The Morgan fingerprint density at radius 1 is 1.65 bits per heavy atom. The molecule has 1 aromatic heterocycles. The van der Waals surface area contributed by atoms with E-state index in [0.717, 1.165) is 6.20 Å². The molecule has 1 fully saturated rings. The first kappa shape index (κ1) is 12.0. The fraction of sp³-hybridized carbons (Fsp3) is 0.571. The number of hydrogen-bond donors (Lipinski definition) is 1. The molecule has 0 aromatic carbocycles. The highest BCUT2D eigenvalue weighted by atomic mass is 32.2. The van der Waals surface area contributed by atoms with E-state index in [1.165, 1.54) is 4.68 Å². The lowest BCUT2D eigenvalue weighted by Crippen LogP contribution is -2.13. The molecule has 1 aromatic rings. The smallest absolute Gasteiger partial charge is 0.379 e. The second-order valence-corrected chi connectivity index (χ2v) is 5.15. The van der Waals surface area contributed by atoms with Gasteiger partial charge in [0.1, 0.15) is 0 Å². The fourth-order valence-corrected chi connectivity index (χ4v) is 2.24. The number of ether oxygens (including phenoxy) is 1. The highest BCUT2D eigenvalue weighted by molar-refractivity contribution is 7.89. The van der Waals surface area contributed by atoms with Crippen molar-refractivity contribution in [2.24, 2.45) is 5.14 Å². The monoisotopic (exact) mass is 262 g/mol. The van der Waals surface area contributed by atoms with E-state index in [1.807, 2.05) is 0 Å². The Morgan fingerprint density at radius 3 is 2.76 bits per heavy atom. The van der Waals surface area contributed by atoms with Crippen molar-refractivity contribution in [3.05, 3.63) is 16.3 Å². The summed E-state index contributed by atoms with van der Waals surface area (Å²) in [5.41, 5.74) is 0. The Labute approximate surface area is 96.4 Å². The van der Waals surface area contributed by atoms with Crippen molar-refractivity contribution >= 4 is 15.8 Å². The highest BCUT2D eigenvalue weighted by Gasteiger charge is 2.32. The molecule has 0 aliphatic carbocycles. The Balaban J connectivity index is 2.48. The van der Waals surface area contributed by atoms with Gasteiger partial charge in [0.05, 0.1) is 23.9 Å². The minimum Gasteiger partial charge on any atom is -0.379 e. The molecule has 94 valence electrons. The van der Waals surface area contributed by atoms with E-state index in [4.69, 9.17) is 9.88 Å². The summed E-state index contributed by atoms with van der Waals surface area (Å²) in [4.78, 5) is 9.23. The predicted molar refractivity (Wildman–Crippen MR) is 54.7 cm³/mol. The van der Waals surface area contributed by atoms with E-state index >= 15 is 0 Å². The maximum absolute atomic E-state index is 11.2. The van der Waals surface area contributed by atoms with Gasteiger partial charge < -0.3 is 14.9 Å². The second kappa shape index (κ2) is 4.05. The van der Waals surface area contributed by atoms with Crippen LogP contribution in [-0.4, -0.2) is 36.3 Å². The van der Waals surface area contributed by atoms with E-state index in [2.05, 4.69) is 5.10 Å². The molecule has 2 N–H and O–H groups in total. The molecule has 0 radical (unpaired) electrons. The van der Waals surface area contributed by atoms with E-state index in [1.54, 1.807) is 0 Å². The van der Waals surface area contributed by atoms with Crippen LogP contribution >= 0.6 is 0 Å². The first-order chi connectivity index (χ1) is 7.89. The van der Waals surface area contributed by atoms with Crippen LogP contribution in [0.2, 0.25) is 0 Å². The number of nitro groups is 1. The van der Waals surface area contributed by atoms with E-state index in [-0.39, 0.29) is 6.04 Å². The number of primary sulfonamides is 1. The second-order valence-electron chi connectivity index (χ2n) is 3.62. The van der Waals surface area contributed by atoms with Crippen LogP contribution in [0, 0.1) is 10.1 Å². The molecule has 0 bridgehead atoms. The molecule has 0 spiro atoms. The van der Waals surface area contributed by atoms with Gasteiger partial charge in [-0.15, -0.1) is 0 Å². The average molecular weight is 262 g/mol. The molecule has 17 heavy (non-hydrogen) atoms. The maximum atomic E-state index is 11.2. The number of nitrogens with zero attached hydrogens (tertiary/aromatic N) is 3. The molecule has 0 saturated carbocycles. The van der Waals surface area contributed by atoms with Crippen LogP contribution in [0.3, 0.4) is 0 Å². The van der Waals surface area contributed by atoms with Gasteiger partial charge in [0, 0.05) is 6.61 Å². The van der Waals surface area contributed by atoms with Crippen LogP contribution in [-0.2, 0) is 14.8 Å². The highest BCUT2D eigenvalue weighted by Crippen LogP contribution is 2.25. The van der Waals surface area contributed by atoms with E-state index < -0.39 is 25.7 Å². The molecule has 1 atom stereocenters. The summed E-state index contributed by atoms with van der Waals surface area (Å²) in [5, 5.41) is 19.2. The summed E-state index contributed by atoms with van der Waals surface area (Å²) in [7, 11) is -4.15. The number of rotatable bonds is 3. The van der Waals surface area contributed by atoms with Crippen LogP contribution < -0.4 is 5.14 Å². The van der Waals surface area contributed by atoms with Crippen LogP contribution in [0.1, 0.15) is 12.5 Å². The Morgan fingerprint density at radius 2 is 2.35 bits per heavy atom. The number of aromatic nitrogens is 2. The molecule has 1 aliphatic heterocycles. The minimum absolute atomic E-state index is 0.191. The van der Waals surface area contributed by atoms with Gasteiger partial charge in [0.15, 0.2) is 0 Å². The van der Waals surface area contributed by atoms with Crippen molar-refractivity contribution in [3.63, 3.8) is 0 Å². The van der Waals surface area contributed by atoms with Gasteiger partial charge in [-0.05, 0) is 11.3 Å². The summed E-state index contributed by atoms with van der Waals surface area (Å²) in [6.45, 7) is 0.867. The molecular formula is C7H10N4O5S. The summed E-state index contributed by atoms with van der Waals surface area (Å²) in [6, 6.07) is -0.191. The van der Waals surface area contributed by atoms with Gasteiger partial charge in [-0.1, -0.05) is 0 Å². The van der Waals surface area contributed by atoms with Gasteiger partial charge >= 0.3 is 5.82 Å². The average Bonchev–Trinajstić information content (AvgIpc) is 2.85. The summed E-state index contributed by atoms with van der Waals surface area (Å²) >= 11 is 0. The van der Waals surface area contributed by atoms with Gasteiger partial charge in [0.25, 0.3) is 0 Å². The first-order valence-electron chi connectivity index (χ1n) is 4.73. The maximum Gasteiger partial charge on any atom is 0.410 e. The third kappa shape index (κ3) is 2.28. The van der Waals surface area contributed by atoms with Crippen LogP contribution in [0.5, 0.6) is 0 Å². The molecule has 0 amide bonds. The molecule has 2 heterocycles. The standard InChI is InChI=1S/C7H10N4O5S/c8-17(14,15)6-3-10(5-1-2-16-4-5)9-7(6)11(12)13/h3,5H,1-2,4H2,(H2,8,14,15). The molecule has 2 rings (SSSR count). The molecule has 1 saturated heterocycles. The normalized spacial score (nSPS) is 20.6. The first-order valence-corrected chi connectivity index (χ1v) is 6.28.